The first-order valence-electron chi connectivity index (χ1n) is 3.10. The van der Waals surface area contributed by atoms with Gasteiger partial charge in [-0.15, -0.1) is 11.3 Å². The molecule has 1 heterocycles. The minimum absolute atomic E-state index is 0.0995. The predicted molar refractivity (Wildman–Crippen MR) is 38.3 cm³/mol. The maximum Gasteiger partial charge on any atom is 0.395 e. The lowest BCUT2D eigenvalue weighted by Crippen LogP contribution is -2.10. The zero-order valence-electron chi connectivity index (χ0n) is 6.14. The zero-order chi connectivity index (χ0) is 9.35. The molecule has 0 spiro atoms. The summed E-state index contributed by atoms with van der Waals surface area (Å²) in [5, 5.41) is 8.77. The van der Waals surface area contributed by atoms with Crippen LogP contribution in [0.15, 0.2) is 0 Å². The van der Waals surface area contributed by atoms with E-state index in [9.17, 15) is 13.2 Å². The summed E-state index contributed by atoms with van der Waals surface area (Å²) in [5.74, 6) is -0.306. The van der Waals surface area contributed by atoms with Gasteiger partial charge in [-0.3, -0.25) is 0 Å². The summed E-state index contributed by atoms with van der Waals surface area (Å²) in [5.41, 5.74) is 0. The van der Waals surface area contributed by atoms with Crippen molar-refractivity contribution in [2.75, 3.05) is 0 Å². The quantitative estimate of drug-likeness (QED) is 0.749. The van der Waals surface area contributed by atoms with Crippen molar-refractivity contribution in [1.29, 1.82) is 0 Å². The molecule has 6 heteroatoms. The number of halogens is 3. The van der Waals surface area contributed by atoms with E-state index in [0.717, 1.165) is 11.3 Å². The number of aromatic hydroxyl groups is 1. The lowest BCUT2D eigenvalue weighted by molar-refractivity contribution is -0.127. The average Bonchev–Trinajstić information content (AvgIpc) is 2.07. The molecule has 2 nitrogen and oxygen atoms in total. The van der Waals surface area contributed by atoms with E-state index in [1.54, 1.807) is 0 Å². The molecule has 0 saturated heterocycles. The minimum atomic E-state index is -4.25. The number of alkyl halides is 3. The van der Waals surface area contributed by atoms with Crippen LogP contribution in [0.1, 0.15) is 9.88 Å². The highest BCUT2D eigenvalue weighted by molar-refractivity contribution is 7.11. The smallest absolute Gasteiger partial charge is 0.395 e. The highest BCUT2D eigenvalue weighted by Crippen LogP contribution is 2.28. The normalized spacial score (nSPS) is 12.0. The fraction of sp³-hybridized carbons (Fsp3) is 0.500. The van der Waals surface area contributed by atoms with Crippen molar-refractivity contribution in [3.8, 4) is 5.88 Å². The van der Waals surface area contributed by atoms with Crippen molar-refractivity contribution < 1.29 is 18.3 Å². The van der Waals surface area contributed by atoms with Crippen LogP contribution >= 0.6 is 11.3 Å². The SMILES string of the molecule is Cc1sc(CC(F)(F)F)nc1O. The summed E-state index contributed by atoms with van der Waals surface area (Å²) < 4.78 is 35.3. The van der Waals surface area contributed by atoms with Crippen LogP contribution in [0.2, 0.25) is 0 Å². The first-order chi connectivity index (χ1) is 5.38. The lowest BCUT2D eigenvalue weighted by atomic mass is 10.4. The van der Waals surface area contributed by atoms with Gasteiger partial charge in [0.1, 0.15) is 5.01 Å². The van der Waals surface area contributed by atoms with E-state index in [1.807, 2.05) is 0 Å². The molecule has 0 atom stereocenters. The predicted octanol–water partition coefficient (Wildman–Crippen LogP) is 2.26. The number of nitrogens with zero attached hydrogens (tertiary/aromatic N) is 1. The van der Waals surface area contributed by atoms with Crippen LogP contribution in [0.5, 0.6) is 5.88 Å². The van der Waals surface area contributed by atoms with Crippen molar-refractivity contribution in [3.05, 3.63) is 9.88 Å². The van der Waals surface area contributed by atoms with Crippen LogP contribution in [0.25, 0.3) is 0 Å². The minimum Gasteiger partial charge on any atom is -0.492 e. The van der Waals surface area contributed by atoms with Gasteiger partial charge in [-0.2, -0.15) is 13.2 Å². The van der Waals surface area contributed by atoms with Crippen molar-refractivity contribution >= 4 is 11.3 Å². The van der Waals surface area contributed by atoms with Crippen molar-refractivity contribution in [2.45, 2.75) is 19.5 Å². The Bertz CT molecular complexity index is 261. The van der Waals surface area contributed by atoms with Gasteiger partial charge < -0.3 is 5.11 Å². The van der Waals surface area contributed by atoms with E-state index in [-0.39, 0.29) is 10.9 Å². The first kappa shape index (κ1) is 9.31. The van der Waals surface area contributed by atoms with E-state index in [2.05, 4.69) is 4.98 Å². The molecule has 0 saturated carbocycles. The molecule has 0 unspecified atom stereocenters. The molecule has 1 aromatic heterocycles. The average molecular weight is 197 g/mol. The maximum atomic E-state index is 11.8. The fourth-order valence-electron chi connectivity index (χ4n) is 0.689. The number of rotatable bonds is 1. The summed E-state index contributed by atoms with van der Waals surface area (Å²) in [6.07, 6.45) is -5.32. The Hall–Kier alpha value is -0.780. The Balaban J connectivity index is 2.77. The molecule has 0 amide bonds. The van der Waals surface area contributed by atoms with E-state index >= 15 is 0 Å². The second-order valence-electron chi connectivity index (χ2n) is 2.28. The largest absolute Gasteiger partial charge is 0.492 e. The molecule has 68 valence electrons. The number of hydrogen-bond acceptors (Lipinski definition) is 3. The Morgan fingerprint density at radius 2 is 2.08 bits per heavy atom. The molecule has 0 aliphatic rings. The van der Waals surface area contributed by atoms with Crippen LogP contribution in [-0.4, -0.2) is 16.3 Å². The van der Waals surface area contributed by atoms with Gasteiger partial charge in [0, 0.05) is 0 Å². The highest BCUT2D eigenvalue weighted by Gasteiger charge is 2.29. The lowest BCUT2D eigenvalue weighted by Gasteiger charge is -2.00. The van der Waals surface area contributed by atoms with Crippen molar-refractivity contribution in [2.24, 2.45) is 0 Å². The Kier molecular flexibility index (Phi) is 2.27. The van der Waals surface area contributed by atoms with Gasteiger partial charge in [0.15, 0.2) is 0 Å². The van der Waals surface area contributed by atoms with Gasteiger partial charge in [0.05, 0.1) is 11.3 Å². The third-order valence-electron chi connectivity index (χ3n) is 1.17. The van der Waals surface area contributed by atoms with Gasteiger partial charge in [0.25, 0.3) is 0 Å². The highest BCUT2D eigenvalue weighted by atomic mass is 32.1. The molecule has 0 aliphatic carbocycles. The third kappa shape index (κ3) is 2.37. The van der Waals surface area contributed by atoms with E-state index < -0.39 is 12.6 Å². The zero-order valence-corrected chi connectivity index (χ0v) is 6.96. The van der Waals surface area contributed by atoms with Crippen LogP contribution in [0.3, 0.4) is 0 Å². The summed E-state index contributed by atoms with van der Waals surface area (Å²) in [7, 11) is 0. The molecule has 0 aromatic carbocycles. The number of thiazole rings is 1. The molecule has 1 aromatic rings. The van der Waals surface area contributed by atoms with Crippen molar-refractivity contribution in [1.82, 2.24) is 4.98 Å². The summed E-state index contributed by atoms with van der Waals surface area (Å²) in [6.45, 7) is 1.52. The fourth-order valence-corrected chi connectivity index (χ4v) is 1.55. The topological polar surface area (TPSA) is 33.1 Å². The summed E-state index contributed by atoms with van der Waals surface area (Å²) in [4.78, 5) is 3.76. The maximum absolute atomic E-state index is 11.8. The van der Waals surface area contributed by atoms with Crippen molar-refractivity contribution in [3.63, 3.8) is 0 Å². The van der Waals surface area contributed by atoms with Crippen LogP contribution in [0, 0.1) is 6.92 Å². The van der Waals surface area contributed by atoms with Crippen LogP contribution in [-0.2, 0) is 6.42 Å². The molecular formula is C6H6F3NOS. The molecule has 1 rings (SSSR count). The molecule has 0 bridgehead atoms. The van der Waals surface area contributed by atoms with Crippen LogP contribution in [0.4, 0.5) is 13.2 Å². The molecule has 0 fully saturated rings. The second-order valence-corrected chi connectivity index (χ2v) is 3.57. The summed E-state index contributed by atoms with van der Waals surface area (Å²) in [6, 6.07) is 0. The van der Waals surface area contributed by atoms with E-state index in [1.165, 1.54) is 6.92 Å². The van der Waals surface area contributed by atoms with Gasteiger partial charge in [-0.05, 0) is 6.92 Å². The standard InChI is InChI=1S/C6H6F3NOS/c1-3-5(11)10-4(12-3)2-6(7,8)9/h11H,2H2,1H3. The molecule has 0 aliphatic heterocycles. The molecule has 0 radical (unpaired) electrons. The summed E-state index contributed by atoms with van der Waals surface area (Å²) >= 11 is 0.860. The monoisotopic (exact) mass is 197 g/mol. The second kappa shape index (κ2) is 2.93. The van der Waals surface area contributed by atoms with Gasteiger partial charge in [0.2, 0.25) is 5.88 Å². The number of aryl methyl sites for hydroxylation is 1. The van der Waals surface area contributed by atoms with E-state index in [0.29, 0.717) is 4.88 Å². The van der Waals surface area contributed by atoms with Gasteiger partial charge in [-0.1, -0.05) is 0 Å². The molecule has 1 N–H and O–H groups in total. The third-order valence-corrected chi connectivity index (χ3v) is 2.13. The Labute approximate surface area is 70.7 Å². The number of hydrogen-bond donors (Lipinski definition) is 1. The first-order valence-corrected chi connectivity index (χ1v) is 3.92. The van der Waals surface area contributed by atoms with E-state index in [4.69, 9.17) is 5.11 Å². The van der Waals surface area contributed by atoms with Crippen LogP contribution < -0.4 is 0 Å². The van der Waals surface area contributed by atoms with Gasteiger partial charge in [-0.25, -0.2) is 4.98 Å². The number of aromatic nitrogens is 1. The Morgan fingerprint density at radius 3 is 2.42 bits per heavy atom. The molecular weight excluding hydrogens is 191 g/mol. The Morgan fingerprint density at radius 1 is 1.50 bits per heavy atom. The van der Waals surface area contributed by atoms with Gasteiger partial charge >= 0.3 is 6.18 Å². The molecule has 12 heavy (non-hydrogen) atoms.